The number of nitrogens with zero attached hydrogens (tertiary/aromatic N) is 2. The van der Waals surface area contributed by atoms with Crippen molar-refractivity contribution in [3.63, 3.8) is 0 Å². The standard InChI is InChI=1S/C25H36Cl2N2O4S/c1-9-12-32-21-14-20(27)19(26)13-18(21)22(28-34(31)25(6,7)8)17-10-11-29(15-16(17)2)23(30)33-24(3,4)5/h9,13-14,16-17H,1,10-12,15H2,2-8H3. The molecule has 3 atom stereocenters. The number of amides is 1. The van der Waals surface area contributed by atoms with Gasteiger partial charge in [-0.05, 0) is 59.9 Å². The van der Waals surface area contributed by atoms with E-state index in [1.807, 2.05) is 41.5 Å². The Balaban J connectivity index is 2.48. The zero-order chi connectivity index (χ0) is 25.8. The molecule has 2 rings (SSSR count). The quantitative estimate of drug-likeness (QED) is 0.233. The van der Waals surface area contributed by atoms with Gasteiger partial charge in [0.2, 0.25) is 0 Å². The van der Waals surface area contributed by atoms with Gasteiger partial charge in [0, 0.05) is 30.6 Å². The van der Waals surface area contributed by atoms with Crippen LogP contribution in [0.15, 0.2) is 29.2 Å². The summed E-state index contributed by atoms with van der Waals surface area (Å²) in [5.74, 6) is 0.452. The van der Waals surface area contributed by atoms with Gasteiger partial charge in [0.25, 0.3) is 0 Å². The van der Waals surface area contributed by atoms with Crippen LogP contribution in [0, 0.1) is 11.8 Å². The molecule has 6 nitrogen and oxygen atoms in total. The number of rotatable bonds is 6. The summed E-state index contributed by atoms with van der Waals surface area (Å²) in [6.45, 7) is 18.2. The molecule has 1 amide bonds. The van der Waals surface area contributed by atoms with Crippen molar-refractivity contribution in [3.8, 4) is 5.75 Å². The van der Waals surface area contributed by atoms with E-state index in [1.165, 1.54) is 0 Å². The van der Waals surface area contributed by atoms with Crippen LogP contribution in [-0.4, -0.2) is 51.3 Å². The molecule has 1 saturated heterocycles. The van der Waals surface area contributed by atoms with Crippen molar-refractivity contribution in [2.45, 2.75) is 65.2 Å². The minimum absolute atomic E-state index is 0.0266. The molecule has 0 saturated carbocycles. The van der Waals surface area contributed by atoms with E-state index in [0.29, 0.717) is 46.6 Å². The van der Waals surface area contributed by atoms with Gasteiger partial charge in [-0.25, -0.2) is 4.79 Å². The lowest BCUT2D eigenvalue weighted by atomic mass is 9.80. The molecule has 1 aliphatic rings. The zero-order valence-corrected chi connectivity index (χ0v) is 23.4. The van der Waals surface area contributed by atoms with Crippen LogP contribution < -0.4 is 4.74 Å². The average Bonchev–Trinajstić information content (AvgIpc) is 2.70. The second-order valence-corrected chi connectivity index (χ2v) is 13.2. The number of carbonyl (C=O) groups is 1. The fourth-order valence-electron chi connectivity index (χ4n) is 3.58. The summed E-state index contributed by atoms with van der Waals surface area (Å²) < 4.78 is 28.7. The van der Waals surface area contributed by atoms with Crippen LogP contribution >= 0.6 is 23.2 Å². The molecule has 0 aliphatic carbocycles. The number of benzene rings is 1. The molecule has 3 unspecified atom stereocenters. The van der Waals surface area contributed by atoms with Gasteiger partial charge in [-0.3, -0.25) is 0 Å². The molecular weight excluding hydrogens is 495 g/mol. The van der Waals surface area contributed by atoms with E-state index in [9.17, 15) is 9.35 Å². The molecule has 0 spiro atoms. The predicted molar refractivity (Wildman–Crippen MR) is 142 cm³/mol. The van der Waals surface area contributed by atoms with Crippen molar-refractivity contribution >= 4 is 46.4 Å². The van der Waals surface area contributed by atoms with Crippen molar-refractivity contribution in [1.82, 2.24) is 4.90 Å². The number of halogens is 2. The highest BCUT2D eigenvalue weighted by Gasteiger charge is 2.38. The van der Waals surface area contributed by atoms with Crippen LogP contribution in [0.5, 0.6) is 5.75 Å². The van der Waals surface area contributed by atoms with E-state index >= 15 is 0 Å². The third-order valence-corrected chi connectivity index (χ3v) is 7.40. The van der Waals surface area contributed by atoms with Gasteiger partial charge in [0.05, 0.1) is 10.0 Å². The van der Waals surface area contributed by atoms with Crippen LogP contribution in [0.2, 0.25) is 10.0 Å². The van der Waals surface area contributed by atoms with Crippen molar-refractivity contribution in [3.05, 3.63) is 40.4 Å². The SMILES string of the molecule is C=CCOc1cc(Cl)c(Cl)cc1C(=N[S+]([O-])C(C)(C)C)C1CCN(C(=O)OC(C)(C)C)CC1C. The van der Waals surface area contributed by atoms with Crippen LogP contribution in [0.1, 0.15) is 60.5 Å². The Hall–Kier alpha value is -1.41. The number of hydrogen-bond donors (Lipinski definition) is 0. The monoisotopic (exact) mass is 530 g/mol. The Morgan fingerprint density at radius 3 is 2.41 bits per heavy atom. The highest BCUT2D eigenvalue weighted by Crippen LogP contribution is 2.37. The molecule has 34 heavy (non-hydrogen) atoms. The van der Waals surface area contributed by atoms with Gasteiger partial charge in [-0.2, -0.15) is 0 Å². The number of hydrogen-bond acceptors (Lipinski definition) is 5. The maximum Gasteiger partial charge on any atom is 0.410 e. The highest BCUT2D eigenvalue weighted by atomic mass is 35.5. The summed E-state index contributed by atoms with van der Waals surface area (Å²) in [4.78, 5) is 14.3. The summed E-state index contributed by atoms with van der Waals surface area (Å²) in [6.07, 6.45) is 1.93. The second kappa shape index (κ2) is 11.5. The number of carbonyl (C=O) groups excluding carboxylic acids is 1. The van der Waals surface area contributed by atoms with Gasteiger partial charge < -0.3 is 18.9 Å². The first-order chi connectivity index (χ1) is 15.6. The van der Waals surface area contributed by atoms with Crippen molar-refractivity contribution in [2.24, 2.45) is 16.2 Å². The van der Waals surface area contributed by atoms with Crippen molar-refractivity contribution in [1.29, 1.82) is 0 Å². The lowest BCUT2D eigenvalue weighted by Gasteiger charge is -2.38. The fourth-order valence-corrected chi connectivity index (χ4v) is 4.59. The van der Waals surface area contributed by atoms with E-state index in [2.05, 4.69) is 13.5 Å². The first kappa shape index (κ1) is 28.8. The highest BCUT2D eigenvalue weighted by molar-refractivity contribution is 7.91. The van der Waals surface area contributed by atoms with Gasteiger partial charge in [0.1, 0.15) is 39.8 Å². The lowest BCUT2D eigenvalue weighted by molar-refractivity contribution is 0.0150. The molecule has 1 aromatic rings. The Morgan fingerprint density at radius 2 is 1.88 bits per heavy atom. The van der Waals surface area contributed by atoms with Gasteiger partial charge in [0.15, 0.2) is 0 Å². The molecule has 1 fully saturated rings. The van der Waals surface area contributed by atoms with Gasteiger partial charge >= 0.3 is 6.09 Å². The second-order valence-electron chi connectivity index (χ2n) is 10.5. The largest absolute Gasteiger partial charge is 0.591 e. The molecule has 1 heterocycles. The first-order valence-electron chi connectivity index (χ1n) is 11.4. The first-order valence-corrected chi connectivity index (χ1v) is 13.2. The average molecular weight is 532 g/mol. The maximum absolute atomic E-state index is 13.1. The van der Waals surface area contributed by atoms with E-state index in [0.717, 1.165) is 0 Å². The number of likely N-dealkylation sites (tertiary alicyclic amines) is 1. The third-order valence-electron chi connectivity index (χ3n) is 5.27. The van der Waals surface area contributed by atoms with Gasteiger partial charge in [-0.1, -0.05) is 47.2 Å². The molecule has 0 bridgehead atoms. The molecule has 0 radical (unpaired) electrons. The fraction of sp³-hybridized carbons (Fsp3) is 0.600. The topological polar surface area (TPSA) is 74.2 Å². The summed E-state index contributed by atoms with van der Waals surface area (Å²) in [5.41, 5.74) is 0.726. The van der Waals surface area contributed by atoms with Gasteiger partial charge in [-0.15, -0.1) is 0 Å². The smallest absolute Gasteiger partial charge is 0.410 e. The summed E-state index contributed by atoms with van der Waals surface area (Å²) in [5, 5.41) is 0.712. The van der Waals surface area contributed by atoms with E-state index in [1.54, 1.807) is 23.1 Å². The van der Waals surface area contributed by atoms with E-state index in [-0.39, 0.29) is 24.5 Å². The lowest BCUT2D eigenvalue weighted by Crippen LogP contribution is -2.47. The molecule has 0 N–H and O–H groups in total. The molecule has 190 valence electrons. The molecule has 1 aliphatic heterocycles. The zero-order valence-electron chi connectivity index (χ0n) is 21.1. The van der Waals surface area contributed by atoms with Crippen molar-refractivity contribution in [2.75, 3.05) is 19.7 Å². The Kier molecular flexibility index (Phi) is 9.79. The minimum atomic E-state index is -1.51. The Bertz CT molecular complexity index is 925. The summed E-state index contributed by atoms with van der Waals surface area (Å²) >= 11 is 11.1. The number of ether oxygens (including phenoxy) is 2. The molecular formula is C25H36Cl2N2O4S. The molecule has 1 aromatic carbocycles. The number of piperidine rings is 1. The predicted octanol–water partition coefficient (Wildman–Crippen LogP) is 6.70. The van der Waals surface area contributed by atoms with Crippen LogP contribution in [0.4, 0.5) is 4.79 Å². The van der Waals surface area contributed by atoms with E-state index in [4.69, 9.17) is 37.1 Å². The van der Waals surface area contributed by atoms with Crippen LogP contribution in [-0.2, 0) is 16.1 Å². The summed E-state index contributed by atoms with van der Waals surface area (Å²) in [7, 11) is 0. The van der Waals surface area contributed by atoms with E-state index < -0.39 is 21.7 Å². The summed E-state index contributed by atoms with van der Waals surface area (Å²) in [6, 6.07) is 3.37. The Morgan fingerprint density at radius 1 is 1.26 bits per heavy atom. The molecule has 9 heteroatoms. The minimum Gasteiger partial charge on any atom is -0.591 e. The maximum atomic E-state index is 13.1. The third kappa shape index (κ3) is 7.80. The normalized spacial score (nSPS) is 20.6. The van der Waals surface area contributed by atoms with Crippen molar-refractivity contribution < 1.29 is 18.8 Å². The van der Waals surface area contributed by atoms with Crippen LogP contribution in [0.3, 0.4) is 0 Å². The Labute approximate surface area is 217 Å². The molecule has 0 aromatic heterocycles. The van der Waals surface area contributed by atoms with Crippen LogP contribution in [0.25, 0.3) is 0 Å².